The van der Waals surface area contributed by atoms with E-state index in [0.717, 1.165) is 40.4 Å². The van der Waals surface area contributed by atoms with E-state index in [1.807, 2.05) is 18.2 Å². The second-order valence-corrected chi connectivity index (χ2v) is 12.3. The van der Waals surface area contributed by atoms with E-state index in [1.165, 1.54) is 38.9 Å². The standard InChI is InChI=1S/C45H39NO/c1-32-12-7-8-17-42(32)44-30-37(21-20-34(44)3)35-22-26-40(27-23-35)46(39-15-5-4-6-16-39)41-28-24-36(25-29-41)38-14-11-13-33(2)43-18-9-10-19-45(43)47-31-38/h4-13,15-30,38H,2,14,31H2,1,3H3/b13-11-. The molecular formula is C45H39NO. The van der Waals surface area contributed by atoms with Crippen LogP contribution in [0.25, 0.3) is 27.8 Å². The summed E-state index contributed by atoms with van der Waals surface area (Å²) in [4.78, 5) is 2.32. The molecule has 0 spiro atoms. The topological polar surface area (TPSA) is 12.5 Å². The molecule has 0 amide bonds. The lowest BCUT2D eigenvalue weighted by Crippen LogP contribution is -2.12. The maximum Gasteiger partial charge on any atom is 0.127 e. The summed E-state index contributed by atoms with van der Waals surface area (Å²) in [5.74, 6) is 1.13. The fourth-order valence-electron chi connectivity index (χ4n) is 6.50. The molecule has 1 atom stereocenters. The lowest BCUT2D eigenvalue weighted by Gasteiger charge is -2.26. The van der Waals surface area contributed by atoms with Crippen LogP contribution in [0.1, 0.15) is 34.6 Å². The molecule has 0 N–H and O–H groups in total. The van der Waals surface area contributed by atoms with Crippen molar-refractivity contribution in [3.8, 4) is 28.0 Å². The van der Waals surface area contributed by atoms with Crippen LogP contribution in [-0.4, -0.2) is 6.61 Å². The van der Waals surface area contributed by atoms with Crippen LogP contribution in [0, 0.1) is 13.8 Å². The van der Waals surface area contributed by atoms with Crippen molar-refractivity contribution >= 4 is 22.6 Å². The number of aryl methyl sites for hydroxylation is 2. The van der Waals surface area contributed by atoms with E-state index in [4.69, 9.17) is 4.74 Å². The average molecular weight is 610 g/mol. The monoisotopic (exact) mass is 609 g/mol. The van der Waals surface area contributed by atoms with Gasteiger partial charge in [0.25, 0.3) is 0 Å². The van der Waals surface area contributed by atoms with E-state index in [-0.39, 0.29) is 5.92 Å². The Hall–Kier alpha value is -5.60. The molecule has 0 saturated heterocycles. The van der Waals surface area contributed by atoms with E-state index >= 15 is 0 Å². The number of nitrogens with zero attached hydrogens (tertiary/aromatic N) is 1. The molecule has 1 aliphatic rings. The minimum Gasteiger partial charge on any atom is -0.492 e. The number of allylic oxidation sites excluding steroid dienone is 3. The molecular weight excluding hydrogens is 571 g/mol. The van der Waals surface area contributed by atoms with Crippen molar-refractivity contribution in [3.05, 3.63) is 187 Å². The lowest BCUT2D eigenvalue weighted by molar-refractivity contribution is 0.288. The van der Waals surface area contributed by atoms with Crippen molar-refractivity contribution in [2.24, 2.45) is 0 Å². The largest absolute Gasteiger partial charge is 0.492 e. The molecule has 6 aromatic rings. The molecule has 7 rings (SSSR count). The minimum absolute atomic E-state index is 0.239. The Morgan fingerprint density at radius 3 is 1.91 bits per heavy atom. The van der Waals surface area contributed by atoms with Gasteiger partial charge in [-0.1, -0.05) is 116 Å². The summed E-state index contributed by atoms with van der Waals surface area (Å²) < 4.78 is 6.34. The van der Waals surface area contributed by atoms with E-state index in [9.17, 15) is 0 Å². The van der Waals surface area contributed by atoms with E-state index < -0.39 is 0 Å². The van der Waals surface area contributed by atoms with Gasteiger partial charge >= 0.3 is 0 Å². The number of ether oxygens (including phenoxy) is 1. The first-order chi connectivity index (χ1) is 23.0. The number of anilines is 3. The first-order valence-corrected chi connectivity index (χ1v) is 16.3. The highest BCUT2D eigenvalue weighted by Gasteiger charge is 2.18. The van der Waals surface area contributed by atoms with Crippen LogP contribution in [0.3, 0.4) is 0 Å². The van der Waals surface area contributed by atoms with Crippen LogP contribution < -0.4 is 9.64 Å². The number of hydrogen-bond donors (Lipinski definition) is 0. The molecule has 47 heavy (non-hydrogen) atoms. The van der Waals surface area contributed by atoms with Crippen LogP contribution in [-0.2, 0) is 0 Å². The number of hydrogen-bond acceptors (Lipinski definition) is 2. The highest BCUT2D eigenvalue weighted by atomic mass is 16.5. The van der Waals surface area contributed by atoms with Crippen molar-refractivity contribution < 1.29 is 4.74 Å². The summed E-state index contributed by atoms with van der Waals surface area (Å²) in [6.45, 7) is 9.24. The third-order valence-electron chi connectivity index (χ3n) is 9.18. The zero-order valence-corrected chi connectivity index (χ0v) is 27.1. The van der Waals surface area contributed by atoms with Gasteiger partial charge in [0.05, 0.1) is 6.61 Å². The Kier molecular flexibility index (Phi) is 8.58. The molecule has 0 saturated carbocycles. The molecule has 2 heteroatoms. The zero-order valence-electron chi connectivity index (χ0n) is 27.1. The van der Waals surface area contributed by atoms with Crippen LogP contribution in [0.5, 0.6) is 5.75 Å². The fourth-order valence-corrected chi connectivity index (χ4v) is 6.50. The predicted molar refractivity (Wildman–Crippen MR) is 199 cm³/mol. The number of rotatable bonds is 6. The molecule has 1 heterocycles. The summed E-state index contributed by atoms with van der Waals surface area (Å²) in [7, 11) is 0. The van der Waals surface area contributed by atoms with Gasteiger partial charge in [0.2, 0.25) is 0 Å². The third-order valence-corrected chi connectivity index (χ3v) is 9.18. The van der Waals surface area contributed by atoms with Gasteiger partial charge in [0.1, 0.15) is 5.75 Å². The molecule has 230 valence electrons. The third kappa shape index (κ3) is 6.41. The van der Waals surface area contributed by atoms with Crippen molar-refractivity contribution in [1.82, 2.24) is 0 Å². The molecule has 0 radical (unpaired) electrons. The summed E-state index contributed by atoms with van der Waals surface area (Å²) in [6.07, 6.45) is 5.23. The first-order valence-electron chi connectivity index (χ1n) is 16.3. The molecule has 1 unspecified atom stereocenters. The number of fused-ring (bicyclic) bond motifs is 1. The van der Waals surface area contributed by atoms with Gasteiger partial charge in [-0.3, -0.25) is 0 Å². The second-order valence-electron chi connectivity index (χ2n) is 12.3. The van der Waals surface area contributed by atoms with E-state index in [0.29, 0.717) is 6.61 Å². The van der Waals surface area contributed by atoms with Crippen LogP contribution >= 0.6 is 0 Å². The summed E-state index contributed by atoms with van der Waals surface area (Å²) in [5, 5.41) is 0. The van der Waals surface area contributed by atoms with E-state index in [1.54, 1.807) is 0 Å². The number of benzene rings is 6. The summed E-state index contributed by atoms with van der Waals surface area (Å²) in [6, 6.07) is 52.0. The summed E-state index contributed by atoms with van der Waals surface area (Å²) in [5.41, 5.74) is 14.2. The van der Waals surface area contributed by atoms with Crippen molar-refractivity contribution in [2.45, 2.75) is 26.2 Å². The van der Waals surface area contributed by atoms with Crippen molar-refractivity contribution in [1.29, 1.82) is 0 Å². The van der Waals surface area contributed by atoms with Gasteiger partial charge in [0, 0.05) is 28.5 Å². The molecule has 0 aliphatic carbocycles. The Morgan fingerprint density at radius 2 is 1.17 bits per heavy atom. The maximum absolute atomic E-state index is 6.34. The van der Waals surface area contributed by atoms with Crippen LogP contribution in [0.4, 0.5) is 17.1 Å². The van der Waals surface area contributed by atoms with Gasteiger partial charge in [-0.2, -0.15) is 0 Å². The quantitative estimate of drug-likeness (QED) is 0.186. The summed E-state index contributed by atoms with van der Waals surface area (Å²) >= 11 is 0. The Bertz CT molecular complexity index is 2040. The molecule has 1 aliphatic heterocycles. The minimum atomic E-state index is 0.239. The predicted octanol–water partition coefficient (Wildman–Crippen LogP) is 12.2. The first kappa shape index (κ1) is 30.1. The Morgan fingerprint density at radius 1 is 0.574 bits per heavy atom. The molecule has 0 bridgehead atoms. The van der Waals surface area contributed by atoms with Crippen molar-refractivity contribution in [3.63, 3.8) is 0 Å². The molecule has 6 aromatic carbocycles. The number of para-hydroxylation sites is 2. The SMILES string of the molecule is C=C1/C=C\CC(c2ccc(N(c3ccccc3)c3ccc(-c4ccc(C)c(-c5ccccc5C)c4)cc3)cc2)COc2ccccc21. The zero-order chi connectivity index (χ0) is 32.2. The highest BCUT2D eigenvalue weighted by Crippen LogP contribution is 2.38. The van der Waals surface area contributed by atoms with Gasteiger partial charge in [-0.15, -0.1) is 0 Å². The second kappa shape index (κ2) is 13.4. The lowest BCUT2D eigenvalue weighted by atomic mass is 9.93. The van der Waals surface area contributed by atoms with Gasteiger partial charge in [-0.25, -0.2) is 0 Å². The highest BCUT2D eigenvalue weighted by molar-refractivity contribution is 5.81. The van der Waals surface area contributed by atoms with Crippen LogP contribution in [0.2, 0.25) is 0 Å². The van der Waals surface area contributed by atoms with Crippen molar-refractivity contribution in [2.75, 3.05) is 11.5 Å². The van der Waals surface area contributed by atoms with E-state index in [2.05, 4.69) is 165 Å². The van der Waals surface area contributed by atoms with Gasteiger partial charge in [0.15, 0.2) is 0 Å². The average Bonchev–Trinajstić information content (AvgIpc) is 3.19. The van der Waals surface area contributed by atoms with Crippen LogP contribution in [0.15, 0.2) is 164 Å². The smallest absolute Gasteiger partial charge is 0.127 e. The molecule has 2 nitrogen and oxygen atoms in total. The van der Waals surface area contributed by atoms with Gasteiger partial charge < -0.3 is 9.64 Å². The fraction of sp³-hybridized carbons (Fsp3) is 0.111. The Labute approximate surface area is 278 Å². The molecule has 0 aromatic heterocycles. The van der Waals surface area contributed by atoms with Gasteiger partial charge in [-0.05, 0) is 113 Å². The maximum atomic E-state index is 6.34. The normalized spacial score (nSPS) is 15.0. The Balaban J connectivity index is 1.18. The molecule has 0 fully saturated rings.